The van der Waals surface area contributed by atoms with E-state index >= 15 is 0 Å². The van der Waals surface area contributed by atoms with E-state index < -0.39 is 0 Å². The molecule has 1 nitrogen and oxygen atoms in total. The number of rotatable bonds is 19. The molecule has 0 amide bonds. The van der Waals surface area contributed by atoms with Crippen LogP contribution in [-0.2, 0) is 0 Å². The van der Waals surface area contributed by atoms with E-state index in [0.717, 1.165) is 12.5 Å². The topological polar surface area (TPSA) is 3.24 Å². The van der Waals surface area contributed by atoms with Crippen LogP contribution in [0.15, 0.2) is 24.3 Å². The summed E-state index contributed by atoms with van der Waals surface area (Å²) in [4.78, 5) is 2.42. The average molecular weight is 364 g/mol. The van der Waals surface area contributed by atoms with Crippen LogP contribution in [0, 0.1) is 0 Å². The predicted octanol–water partition coefficient (Wildman–Crippen LogP) is 8.31. The van der Waals surface area contributed by atoms with Crippen LogP contribution in [0.1, 0.15) is 117 Å². The first-order valence-electron chi connectivity index (χ1n) is 11.7. The summed E-state index contributed by atoms with van der Waals surface area (Å²) in [5.74, 6) is 0. The molecule has 0 aromatic carbocycles. The molecule has 1 atom stereocenters. The van der Waals surface area contributed by atoms with Crippen molar-refractivity contribution in [2.24, 2.45) is 0 Å². The molecule has 0 N–H and O–H groups in total. The minimum atomic E-state index is 0.804. The third-order valence-corrected chi connectivity index (χ3v) is 5.34. The van der Waals surface area contributed by atoms with Gasteiger partial charge in [0.1, 0.15) is 0 Å². The van der Waals surface area contributed by atoms with E-state index in [1.807, 2.05) is 0 Å². The van der Waals surface area contributed by atoms with Crippen molar-refractivity contribution in [1.29, 1.82) is 0 Å². The van der Waals surface area contributed by atoms with E-state index in [9.17, 15) is 0 Å². The Bertz CT molecular complexity index is 316. The highest BCUT2D eigenvalue weighted by molar-refractivity contribution is 4.92. The van der Waals surface area contributed by atoms with Crippen LogP contribution in [-0.4, -0.2) is 25.0 Å². The van der Waals surface area contributed by atoms with Gasteiger partial charge in [0, 0.05) is 6.04 Å². The number of allylic oxidation sites excluding steroid dienone is 4. The summed E-state index contributed by atoms with van der Waals surface area (Å²) in [6.07, 6.45) is 31.1. The van der Waals surface area contributed by atoms with Gasteiger partial charge in [-0.05, 0) is 59.0 Å². The van der Waals surface area contributed by atoms with Gasteiger partial charge in [0.2, 0.25) is 0 Å². The van der Waals surface area contributed by atoms with Crippen molar-refractivity contribution in [1.82, 2.24) is 4.90 Å². The fraction of sp³-hybridized carbons (Fsp3) is 0.840. The van der Waals surface area contributed by atoms with Crippen molar-refractivity contribution in [3.05, 3.63) is 24.3 Å². The second kappa shape index (κ2) is 20.7. The zero-order chi connectivity index (χ0) is 19.3. The average Bonchev–Trinajstić information content (AvgIpc) is 2.63. The Labute approximate surface area is 166 Å². The van der Waals surface area contributed by atoms with Crippen LogP contribution in [0.25, 0.3) is 0 Å². The van der Waals surface area contributed by atoms with Crippen LogP contribution in [0.5, 0.6) is 0 Å². The summed E-state index contributed by atoms with van der Waals surface area (Å²) in [5.41, 5.74) is 0. The summed E-state index contributed by atoms with van der Waals surface area (Å²) >= 11 is 0. The standard InChI is InChI=1S/C25H49N/c1-5-7-8-9-10-11-12-13-14-15-16-17-18-19-20-21-22-24-25(23-6-2)26(3)4/h10-11,13-14,25H,5-9,12,15-24H2,1-4H3/b11-10+,14-13-. The second-order valence-corrected chi connectivity index (χ2v) is 8.13. The van der Waals surface area contributed by atoms with Crippen molar-refractivity contribution in [3.63, 3.8) is 0 Å². The van der Waals surface area contributed by atoms with E-state index in [-0.39, 0.29) is 0 Å². The Morgan fingerprint density at radius 3 is 1.65 bits per heavy atom. The van der Waals surface area contributed by atoms with Gasteiger partial charge in [-0.2, -0.15) is 0 Å². The molecule has 1 heteroatoms. The van der Waals surface area contributed by atoms with Gasteiger partial charge in [0.25, 0.3) is 0 Å². The molecule has 0 aliphatic heterocycles. The molecule has 0 aliphatic rings. The molecule has 0 aliphatic carbocycles. The normalized spacial score (nSPS) is 13.4. The van der Waals surface area contributed by atoms with Crippen molar-refractivity contribution in [3.8, 4) is 0 Å². The summed E-state index contributed by atoms with van der Waals surface area (Å²) in [6.45, 7) is 4.57. The smallest absolute Gasteiger partial charge is 0.00890 e. The van der Waals surface area contributed by atoms with Crippen LogP contribution < -0.4 is 0 Å². The Morgan fingerprint density at radius 1 is 0.577 bits per heavy atom. The Hall–Kier alpha value is -0.560. The second-order valence-electron chi connectivity index (χ2n) is 8.13. The maximum atomic E-state index is 2.42. The number of nitrogens with zero attached hydrogens (tertiary/aromatic N) is 1. The molecular formula is C25H49N. The number of hydrogen-bond donors (Lipinski definition) is 0. The van der Waals surface area contributed by atoms with Gasteiger partial charge in [0.15, 0.2) is 0 Å². The molecule has 0 saturated carbocycles. The van der Waals surface area contributed by atoms with Crippen LogP contribution in [0.4, 0.5) is 0 Å². The van der Waals surface area contributed by atoms with Gasteiger partial charge in [0.05, 0.1) is 0 Å². The number of hydrogen-bond acceptors (Lipinski definition) is 1. The maximum Gasteiger partial charge on any atom is 0.00890 e. The molecule has 1 unspecified atom stereocenters. The van der Waals surface area contributed by atoms with E-state index in [4.69, 9.17) is 0 Å². The van der Waals surface area contributed by atoms with E-state index in [2.05, 4.69) is 57.1 Å². The minimum Gasteiger partial charge on any atom is -0.306 e. The van der Waals surface area contributed by atoms with Crippen molar-refractivity contribution >= 4 is 0 Å². The SMILES string of the molecule is CCCCC/C=C/C/C=C\CCCCCCCCCC(CCC)N(C)C. The van der Waals surface area contributed by atoms with Gasteiger partial charge in [-0.25, -0.2) is 0 Å². The fourth-order valence-corrected chi connectivity index (χ4v) is 3.54. The van der Waals surface area contributed by atoms with E-state index in [1.54, 1.807) is 0 Å². The zero-order valence-electron chi connectivity index (χ0n) is 18.6. The monoisotopic (exact) mass is 363 g/mol. The van der Waals surface area contributed by atoms with E-state index in [0.29, 0.717) is 0 Å². The third-order valence-electron chi connectivity index (χ3n) is 5.34. The highest BCUT2D eigenvalue weighted by Gasteiger charge is 2.08. The molecular weight excluding hydrogens is 314 g/mol. The lowest BCUT2D eigenvalue weighted by Gasteiger charge is -2.23. The summed E-state index contributed by atoms with van der Waals surface area (Å²) in [7, 11) is 4.47. The molecule has 0 radical (unpaired) electrons. The molecule has 0 aromatic rings. The zero-order valence-corrected chi connectivity index (χ0v) is 18.6. The molecule has 0 aromatic heterocycles. The number of unbranched alkanes of at least 4 members (excludes halogenated alkanes) is 10. The summed E-state index contributed by atoms with van der Waals surface area (Å²) < 4.78 is 0. The molecule has 0 spiro atoms. The van der Waals surface area contributed by atoms with Crippen LogP contribution >= 0.6 is 0 Å². The highest BCUT2D eigenvalue weighted by Crippen LogP contribution is 2.15. The minimum absolute atomic E-state index is 0.804. The predicted molar refractivity (Wildman–Crippen MR) is 121 cm³/mol. The molecule has 154 valence electrons. The molecule has 0 bridgehead atoms. The first-order chi connectivity index (χ1) is 12.7. The molecule has 0 heterocycles. The first kappa shape index (κ1) is 25.4. The van der Waals surface area contributed by atoms with Crippen LogP contribution in [0.3, 0.4) is 0 Å². The van der Waals surface area contributed by atoms with Gasteiger partial charge >= 0.3 is 0 Å². The summed E-state index contributed by atoms with van der Waals surface area (Å²) in [6, 6.07) is 0.804. The van der Waals surface area contributed by atoms with Crippen molar-refractivity contribution in [2.45, 2.75) is 123 Å². The van der Waals surface area contributed by atoms with Gasteiger partial charge in [-0.15, -0.1) is 0 Å². The Balaban J connectivity index is 3.32. The Morgan fingerprint density at radius 2 is 1.12 bits per heavy atom. The van der Waals surface area contributed by atoms with Gasteiger partial charge in [-0.1, -0.05) is 95.9 Å². The van der Waals surface area contributed by atoms with Crippen LogP contribution in [0.2, 0.25) is 0 Å². The molecule has 26 heavy (non-hydrogen) atoms. The quantitative estimate of drug-likeness (QED) is 0.165. The molecule has 0 fully saturated rings. The highest BCUT2D eigenvalue weighted by atomic mass is 15.1. The molecule has 0 saturated heterocycles. The maximum absolute atomic E-state index is 2.42. The Kier molecular flexibility index (Phi) is 20.3. The summed E-state index contributed by atoms with van der Waals surface area (Å²) in [5, 5.41) is 0. The van der Waals surface area contributed by atoms with E-state index in [1.165, 1.54) is 96.3 Å². The lowest BCUT2D eigenvalue weighted by molar-refractivity contribution is 0.256. The van der Waals surface area contributed by atoms with Gasteiger partial charge in [-0.3, -0.25) is 0 Å². The van der Waals surface area contributed by atoms with Crippen molar-refractivity contribution in [2.75, 3.05) is 14.1 Å². The lowest BCUT2D eigenvalue weighted by atomic mass is 10.0. The first-order valence-corrected chi connectivity index (χ1v) is 11.7. The molecule has 0 rings (SSSR count). The largest absolute Gasteiger partial charge is 0.306 e. The fourth-order valence-electron chi connectivity index (χ4n) is 3.54. The van der Waals surface area contributed by atoms with Gasteiger partial charge < -0.3 is 4.90 Å². The van der Waals surface area contributed by atoms with Crippen molar-refractivity contribution < 1.29 is 0 Å². The third kappa shape index (κ3) is 18.2. The lowest BCUT2D eigenvalue weighted by Crippen LogP contribution is -2.27.